The second-order valence-electron chi connectivity index (χ2n) is 5.97. The number of piperazine rings is 1. The maximum Gasteiger partial charge on any atom is 0.239 e. The molecule has 3 rings (SSSR count). The lowest BCUT2D eigenvalue weighted by atomic mass is 9.87. The fraction of sp³-hybridized carbons (Fsp3) is 0.500. The lowest BCUT2D eigenvalue weighted by Crippen LogP contribution is -2.63. The summed E-state index contributed by atoms with van der Waals surface area (Å²) in [6.07, 6.45) is 4.54. The number of hydrogen-bond donors (Lipinski definition) is 2. The third-order valence-corrected chi connectivity index (χ3v) is 4.45. The number of hydrogen-bond acceptors (Lipinski definition) is 3. The molecule has 22 heavy (non-hydrogen) atoms. The Labute approximate surface area is 136 Å². The first-order chi connectivity index (χ1) is 10.1. The van der Waals surface area contributed by atoms with E-state index in [1.807, 2.05) is 12.1 Å². The number of nitrogens with two attached hydrogens (primary N) is 1. The minimum Gasteiger partial charge on any atom is -0.399 e. The van der Waals surface area contributed by atoms with Gasteiger partial charge < -0.3 is 16.0 Å². The van der Waals surface area contributed by atoms with Crippen molar-refractivity contribution in [2.24, 2.45) is 0 Å². The lowest BCUT2D eigenvalue weighted by Gasteiger charge is -2.44. The van der Waals surface area contributed by atoms with Crippen molar-refractivity contribution in [2.75, 3.05) is 12.3 Å². The van der Waals surface area contributed by atoms with Crippen LogP contribution in [-0.4, -0.2) is 35.3 Å². The van der Waals surface area contributed by atoms with E-state index in [1.165, 1.54) is 0 Å². The van der Waals surface area contributed by atoms with Crippen molar-refractivity contribution >= 4 is 29.9 Å². The van der Waals surface area contributed by atoms with E-state index in [-0.39, 0.29) is 42.8 Å². The predicted octanol–water partition coefficient (Wildman–Crippen LogP) is 1.50. The standard InChI is InChI=1S/C16H21N3O2.ClH/c17-12-7-5-11(6-8-12)9-16(21)19-10-15(20)18-13-3-1-2-4-14(13)19;/h5-8,13-14H,1-4,9-10,17H2,(H,18,20);1H. The van der Waals surface area contributed by atoms with Crippen molar-refractivity contribution < 1.29 is 9.59 Å². The van der Waals surface area contributed by atoms with Gasteiger partial charge in [-0.25, -0.2) is 0 Å². The number of nitrogens with zero attached hydrogens (tertiary/aromatic N) is 1. The van der Waals surface area contributed by atoms with Crippen molar-refractivity contribution in [1.29, 1.82) is 0 Å². The molecule has 1 heterocycles. The number of rotatable bonds is 2. The van der Waals surface area contributed by atoms with E-state index < -0.39 is 0 Å². The molecular formula is C16H22ClN3O2. The number of carbonyl (C=O) groups excluding carboxylic acids is 2. The molecule has 1 aromatic rings. The number of nitrogen functional groups attached to an aromatic ring is 1. The molecule has 1 aliphatic carbocycles. The van der Waals surface area contributed by atoms with E-state index in [4.69, 9.17) is 5.73 Å². The normalized spacial score (nSPS) is 24.0. The Morgan fingerprint density at radius 1 is 1.23 bits per heavy atom. The third-order valence-electron chi connectivity index (χ3n) is 4.45. The highest BCUT2D eigenvalue weighted by Crippen LogP contribution is 2.26. The van der Waals surface area contributed by atoms with Crippen LogP contribution in [0.5, 0.6) is 0 Å². The quantitative estimate of drug-likeness (QED) is 0.810. The fourth-order valence-corrected chi connectivity index (χ4v) is 3.36. The van der Waals surface area contributed by atoms with E-state index >= 15 is 0 Å². The van der Waals surface area contributed by atoms with Crippen molar-refractivity contribution in [2.45, 2.75) is 44.2 Å². The van der Waals surface area contributed by atoms with E-state index in [0.29, 0.717) is 12.1 Å². The summed E-state index contributed by atoms with van der Waals surface area (Å²) in [5.74, 6) is -0.00433. The van der Waals surface area contributed by atoms with Gasteiger partial charge in [0.25, 0.3) is 0 Å². The van der Waals surface area contributed by atoms with Gasteiger partial charge in [0.15, 0.2) is 0 Å². The van der Waals surface area contributed by atoms with Crippen LogP contribution in [0.3, 0.4) is 0 Å². The first kappa shape index (κ1) is 16.6. The smallest absolute Gasteiger partial charge is 0.239 e. The summed E-state index contributed by atoms with van der Waals surface area (Å²) < 4.78 is 0. The summed E-state index contributed by atoms with van der Waals surface area (Å²) in [6.45, 7) is 0.189. The van der Waals surface area contributed by atoms with Crippen LogP contribution < -0.4 is 11.1 Å². The van der Waals surface area contributed by atoms with Gasteiger partial charge in [-0.05, 0) is 30.5 Å². The Balaban J connectivity index is 0.00000176. The third kappa shape index (κ3) is 3.53. The number of amides is 2. The van der Waals surface area contributed by atoms with E-state index in [0.717, 1.165) is 31.2 Å². The zero-order valence-corrected chi connectivity index (χ0v) is 13.3. The molecule has 2 unspecified atom stereocenters. The molecule has 6 heteroatoms. The molecule has 5 nitrogen and oxygen atoms in total. The van der Waals surface area contributed by atoms with Crippen LogP contribution >= 0.6 is 12.4 Å². The SMILES string of the molecule is Cl.Nc1ccc(CC(=O)N2CC(=O)NC3CCCCC32)cc1. The Kier molecular flexibility index (Phi) is 5.29. The van der Waals surface area contributed by atoms with Crippen LogP contribution in [0.4, 0.5) is 5.69 Å². The molecule has 1 saturated heterocycles. The maximum atomic E-state index is 12.6. The first-order valence-corrected chi connectivity index (χ1v) is 7.57. The average Bonchev–Trinajstić information content (AvgIpc) is 2.48. The van der Waals surface area contributed by atoms with Crippen LogP contribution in [0.2, 0.25) is 0 Å². The highest BCUT2D eigenvalue weighted by atomic mass is 35.5. The van der Waals surface area contributed by atoms with Crippen molar-refractivity contribution in [3.8, 4) is 0 Å². The van der Waals surface area contributed by atoms with E-state index in [9.17, 15) is 9.59 Å². The maximum absolute atomic E-state index is 12.6. The molecule has 0 aromatic heterocycles. The summed E-state index contributed by atoms with van der Waals surface area (Å²) in [7, 11) is 0. The zero-order valence-electron chi connectivity index (χ0n) is 12.5. The van der Waals surface area contributed by atoms with Crippen LogP contribution in [0.15, 0.2) is 24.3 Å². The molecule has 2 amide bonds. The monoisotopic (exact) mass is 323 g/mol. The first-order valence-electron chi connectivity index (χ1n) is 7.57. The number of anilines is 1. The summed E-state index contributed by atoms with van der Waals surface area (Å²) in [4.78, 5) is 26.2. The second-order valence-corrected chi connectivity index (χ2v) is 5.97. The van der Waals surface area contributed by atoms with Crippen LogP contribution in [0, 0.1) is 0 Å². The Hall–Kier alpha value is -1.75. The minimum absolute atomic E-state index is 0. The van der Waals surface area contributed by atoms with Crippen LogP contribution in [0.1, 0.15) is 31.2 Å². The molecule has 0 spiro atoms. The number of fused-ring (bicyclic) bond motifs is 1. The van der Waals surface area contributed by atoms with Crippen LogP contribution in [0.25, 0.3) is 0 Å². The molecule has 0 bridgehead atoms. The number of nitrogens with one attached hydrogen (secondary N) is 1. The van der Waals surface area contributed by atoms with E-state index in [2.05, 4.69) is 5.32 Å². The molecule has 3 N–H and O–H groups in total. The summed E-state index contributed by atoms with van der Waals surface area (Å²) in [6, 6.07) is 7.64. The molecular weight excluding hydrogens is 302 g/mol. The van der Waals surface area contributed by atoms with Crippen LogP contribution in [-0.2, 0) is 16.0 Å². The Morgan fingerprint density at radius 2 is 1.91 bits per heavy atom. The van der Waals surface area contributed by atoms with Gasteiger partial charge in [-0.15, -0.1) is 12.4 Å². The minimum atomic E-state index is -0.0381. The van der Waals surface area contributed by atoms with Gasteiger partial charge in [-0.3, -0.25) is 9.59 Å². The average molecular weight is 324 g/mol. The summed E-state index contributed by atoms with van der Waals surface area (Å²) >= 11 is 0. The summed E-state index contributed by atoms with van der Waals surface area (Å²) in [5, 5.41) is 3.03. The molecule has 1 aliphatic heterocycles. The predicted molar refractivity (Wildman–Crippen MR) is 87.7 cm³/mol. The number of carbonyl (C=O) groups is 2. The van der Waals surface area contributed by atoms with Crippen molar-refractivity contribution in [1.82, 2.24) is 10.2 Å². The molecule has 1 saturated carbocycles. The van der Waals surface area contributed by atoms with Gasteiger partial charge in [0.2, 0.25) is 11.8 Å². The van der Waals surface area contributed by atoms with Gasteiger partial charge >= 0.3 is 0 Å². The number of halogens is 1. The fourth-order valence-electron chi connectivity index (χ4n) is 3.36. The highest BCUT2D eigenvalue weighted by molar-refractivity contribution is 5.87. The molecule has 1 aromatic carbocycles. The van der Waals surface area contributed by atoms with Gasteiger partial charge in [-0.1, -0.05) is 25.0 Å². The Morgan fingerprint density at radius 3 is 2.64 bits per heavy atom. The largest absolute Gasteiger partial charge is 0.399 e. The molecule has 2 aliphatic rings. The zero-order chi connectivity index (χ0) is 14.8. The molecule has 0 radical (unpaired) electrons. The molecule has 2 atom stereocenters. The topological polar surface area (TPSA) is 75.4 Å². The van der Waals surface area contributed by atoms with E-state index in [1.54, 1.807) is 17.0 Å². The van der Waals surface area contributed by atoms with Gasteiger partial charge in [0.05, 0.1) is 19.0 Å². The lowest BCUT2D eigenvalue weighted by molar-refractivity contribution is -0.143. The second kappa shape index (κ2) is 7.01. The summed E-state index contributed by atoms with van der Waals surface area (Å²) in [5.41, 5.74) is 7.29. The molecule has 120 valence electrons. The Bertz CT molecular complexity index is 547. The van der Waals surface area contributed by atoms with Gasteiger partial charge in [0.1, 0.15) is 0 Å². The molecule has 2 fully saturated rings. The highest BCUT2D eigenvalue weighted by Gasteiger charge is 2.38. The van der Waals surface area contributed by atoms with Gasteiger partial charge in [-0.2, -0.15) is 0 Å². The van der Waals surface area contributed by atoms with Crippen molar-refractivity contribution in [3.63, 3.8) is 0 Å². The van der Waals surface area contributed by atoms with Gasteiger partial charge in [0, 0.05) is 11.7 Å². The van der Waals surface area contributed by atoms with Crippen molar-refractivity contribution in [3.05, 3.63) is 29.8 Å². The number of benzene rings is 1.